The second-order valence-corrected chi connectivity index (χ2v) is 6.25. The predicted molar refractivity (Wildman–Crippen MR) is 93.3 cm³/mol. The van der Waals surface area contributed by atoms with Gasteiger partial charge in [0.05, 0.1) is 11.3 Å². The van der Waals surface area contributed by atoms with Crippen molar-refractivity contribution in [2.75, 3.05) is 16.8 Å². The molecule has 2 amide bonds. The first-order valence-electron chi connectivity index (χ1n) is 7.87. The van der Waals surface area contributed by atoms with Crippen LogP contribution in [0.5, 0.6) is 5.75 Å². The Bertz CT molecular complexity index is 880. The second kappa shape index (κ2) is 6.47. The van der Waals surface area contributed by atoms with E-state index in [2.05, 4.69) is 10.3 Å². The van der Waals surface area contributed by atoms with E-state index in [1.54, 1.807) is 32.0 Å². The fourth-order valence-corrected chi connectivity index (χ4v) is 2.62. The molecule has 0 saturated heterocycles. The van der Waals surface area contributed by atoms with Crippen LogP contribution in [0, 0.1) is 0 Å². The summed E-state index contributed by atoms with van der Waals surface area (Å²) in [5.41, 5.74) is -0.941. The molecule has 0 fully saturated rings. The molecule has 8 nitrogen and oxygen atoms in total. The summed E-state index contributed by atoms with van der Waals surface area (Å²) in [5, 5.41) is 11.8. The van der Waals surface area contributed by atoms with Gasteiger partial charge < -0.3 is 15.2 Å². The lowest BCUT2D eigenvalue weighted by molar-refractivity contribution is -0.133. The lowest BCUT2D eigenvalue weighted by atomic mass is 10.0. The number of nitrogens with zero attached hydrogens (tertiary/aromatic N) is 2. The van der Waals surface area contributed by atoms with Crippen LogP contribution in [0.2, 0.25) is 0 Å². The van der Waals surface area contributed by atoms with E-state index in [-0.39, 0.29) is 17.8 Å². The minimum absolute atomic E-state index is 0.00464. The molecule has 3 rings (SSSR count). The number of carboxylic acids is 1. The number of carbonyl (C=O) groups is 3. The monoisotopic (exact) mass is 355 g/mol. The molecule has 1 aliphatic heterocycles. The summed E-state index contributed by atoms with van der Waals surface area (Å²) in [6.07, 6.45) is 1.53. The molecule has 0 spiro atoms. The average Bonchev–Trinajstić information content (AvgIpc) is 2.59. The maximum absolute atomic E-state index is 12.7. The molecule has 0 bridgehead atoms. The smallest absolute Gasteiger partial charge is 0.335 e. The van der Waals surface area contributed by atoms with Gasteiger partial charge in [-0.3, -0.25) is 14.5 Å². The third-order valence-corrected chi connectivity index (χ3v) is 3.86. The molecule has 0 atom stereocenters. The predicted octanol–water partition coefficient (Wildman–Crippen LogP) is 1.92. The van der Waals surface area contributed by atoms with Gasteiger partial charge >= 0.3 is 5.97 Å². The lowest BCUT2D eigenvalue weighted by Gasteiger charge is -2.38. The van der Waals surface area contributed by atoms with Crippen LogP contribution >= 0.6 is 0 Å². The SMILES string of the molecule is CC1(C)Oc2ccc(C(=O)O)cc2N(CC(=O)Nc2ccccn2)C1=O. The Morgan fingerprint density at radius 3 is 2.69 bits per heavy atom. The van der Waals surface area contributed by atoms with Crippen molar-refractivity contribution >= 4 is 29.3 Å². The van der Waals surface area contributed by atoms with Crippen molar-refractivity contribution in [1.29, 1.82) is 0 Å². The number of amides is 2. The van der Waals surface area contributed by atoms with Crippen molar-refractivity contribution in [2.24, 2.45) is 0 Å². The first-order chi connectivity index (χ1) is 12.3. The van der Waals surface area contributed by atoms with Crippen molar-refractivity contribution in [2.45, 2.75) is 19.4 Å². The zero-order chi connectivity index (χ0) is 18.9. The van der Waals surface area contributed by atoms with Gasteiger partial charge in [-0.2, -0.15) is 0 Å². The van der Waals surface area contributed by atoms with Crippen LogP contribution in [0.3, 0.4) is 0 Å². The maximum Gasteiger partial charge on any atom is 0.335 e. The number of aromatic nitrogens is 1. The molecule has 26 heavy (non-hydrogen) atoms. The summed E-state index contributed by atoms with van der Waals surface area (Å²) < 4.78 is 5.67. The number of anilines is 2. The highest BCUT2D eigenvalue weighted by molar-refractivity contribution is 6.08. The van der Waals surface area contributed by atoms with Crippen LogP contribution in [-0.2, 0) is 9.59 Å². The second-order valence-electron chi connectivity index (χ2n) is 6.25. The molecule has 1 aromatic carbocycles. The standard InChI is InChI=1S/C18H17N3O5/c1-18(2)17(25)21(10-15(22)20-14-5-3-4-8-19-14)12-9-11(16(23)24)6-7-13(12)26-18/h3-9H,10H2,1-2H3,(H,23,24)(H,19,20,22). The van der Waals surface area contributed by atoms with Crippen molar-refractivity contribution in [1.82, 2.24) is 4.98 Å². The van der Waals surface area contributed by atoms with E-state index >= 15 is 0 Å². The van der Waals surface area contributed by atoms with E-state index in [1.165, 1.54) is 29.3 Å². The van der Waals surface area contributed by atoms with Crippen molar-refractivity contribution in [3.05, 3.63) is 48.2 Å². The Morgan fingerprint density at radius 1 is 1.27 bits per heavy atom. The van der Waals surface area contributed by atoms with E-state index < -0.39 is 23.4 Å². The van der Waals surface area contributed by atoms with Crippen LogP contribution in [0.15, 0.2) is 42.6 Å². The van der Waals surface area contributed by atoms with Crippen molar-refractivity contribution in [3.63, 3.8) is 0 Å². The summed E-state index contributed by atoms with van der Waals surface area (Å²) in [6, 6.07) is 9.25. The Kier molecular flexibility index (Phi) is 4.33. The summed E-state index contributed by atoms with van der Waals surface area (Å²) in [7, 11) is 0. The van der Waals surface area contributed by atoms with Gasteiger partial charge in [0.25, 0.3) is 5.91 Å². The van der Waals surface area contributed by atoms with Gasteiger partial charge in [0.2, 0.25) is 5.91 Å². The normalized spacial score (nSPS) is 15.0. The lowest BCUT2D eigenvalue weighted by Crippen LogP contribution is -2.54. The third kappa shape index (κ3) is 3.34. The van der Waals surface area contributed by atoms with E-state index in [1.807, 2.05) is 0 Å². The largest absolute Gasteiger partial charge is 0.478 e. The zero-order valence-electron chi connectivity index (χ0n) is 14.2. The van der Waals surface area contributed by atoms with Gasteiger partial charge in [0.15, 0.2) is 5.60 Å². The number of carbonyl (C=O) groups excluding carboxylic acids is 2. The molecule has 1 aliphatic rings. The van der Waals surface area contributed by atoms with Crippen molar-refractivity contribution in [3.8, 4) is 5.75 Å². The topological polar surface area (TPSA) is 109 Å². The molecule has 8 heteroatoms. The molecule has 134 valence electrons. The Labute approximate surface area is 149 Å². The van der Waals surface area contributed by atoms with Crippen molar-refractivity contribution < 1.29 is 24.2 Å². The number of hydrogen-bond acceptors (Lipinski definition) is 5. The molecule has 1 aromatic heterocycles. The highest BCUT2D eigenvalue weighted by atomic mass is 16.5. The fourth-order valence-electron chi connectivity index (χ4n) is 2.62. The quantitative estimate of drug-likeness (QED) is 0.867. The molecular weight excluding hydrogens is 338 g/mol. The number of fused-ring (bicyclic) bond motifs is 1. The summed E-state index contributed by atoms with van der Waals surface area (Å²) in [6.45, 7) is 2.89. The van der Waals surface area contributed by atoms with Crippen LogP contribution in [0.1, 0.15) is 24.2 Å². The minimum atomic E-state index is -1.18. The number of benzene rings is 1. The fraction of sp³-hybridized carbons (Fsp3) is 0.222. The van der Waals surface area contributed by atoms with Crippen LogP contribution in [-0.4, -0.2) is 40.0 Å². The van der Waals surface area contributed by atoms with Crippen LogP contribution in [0.4, 0.5) is 11.5 Å². The molecule has 2 aromatic rings. The van der Waals surface area contributed by atoms with Crippen LogP contribution in [0.25, 0.3) is 0 Å². The first-order valence-corrected chi connectivity index (χ1v) is 7.87. The number of ether oxygens (including phenoxy) is 1. The van der Waals surface area contributed by atoms with Gasteiger partial charge in [-0.1, -0.05) is 6.07 Å². The molecule has 0 saturated carbocycles. The summed E-state index contributed by atoms with van der Waals surface area (Å²) >= 11 is 0. The molecular formula is C18H17N3O5. The molecule has 0 radical (unpaired) electrons. The Morgan fingerprint density at radius 2 is 2.04 bits per heavy atom. The third-order valence-electron chi connectivity index (χ3n) is 3.86. The number of pyridine rings is 1. The van der Waals surface area contributed by atoms with E-state index in [0.29, 0.717) is 11.6 Å². The zero-order valence-corrected chi connectivity index (χ0v) is 14.2. The number of aromatic carboxylic acids is 1. The van der Waals surface area contributed by atoms with Crippen LogP contribution < -0.4 is 15.0 Å². The Balaban J connectivity index is 1.91. The van der Waals surface area contributed by atoms with E-state index in [0.717, 1.165) is 0 Å². The van der Waals surface area contributed by atoms with Gasteiger partial charge in [-0.15, -0.1) is 0 Å². The first kappa shape index (κ1) is 17.4. The van der Waals surface area contributed by atoms with E-state index in [4.69, 9.17) is 4.74 Å². The van der Waals surface area contributed by atoms with Gasteiger partial charge in [0.1, 0.15) is 18.1 Å². The molecule has 2 N–H and O–H groups in total. The summed E-state index contributed by atoms with van der Waals surface area (Å²) in [4.78, 5) is 41.6. The number of nitrogens with one attached hydrogen (secondary N) is 1. The maximum atomic E-state index is 12.7. The minimum Gasteiger partial charge on any atom is -0.478 e. The number of rotatable bonds is 4. The van der Waals surface area contributed by atoms with Gasteiger partial charge in [-0.25, -0.2) is 9.78 Å². The highest BCUT2D eigenvalue weighted by Crippen LogP contribution is 2.38. The van der Waals surface area contributed by atoms with Gasteiger partial charge in [0, 0.05) is 6.20 Å². The highest BCUT2D eigenvalue weighted by Gasteiger charge is 2.41. The number of hydrogen-bond donors (Lipinski definition) is 2. The van der Waals surface area contributed by atoms with E-state index in [9.17, 15) is 19.5 Å². The Hall–Kier alpha value is -3.42. The number of carboxylic acid groups (broad SMARTS) is 1. The average molecular weight is 355 g/mol. The summed E-state index contributed by atoms with van der Waals surface area (Å²) in [5.74, 6) is -1.34. The van der Waals surface area contributed by atoms with Gasteiger partial charge in [-0.05, 0) is 44.2 Å². The molecule has 2 heterocycles. The molecule has 0 unspecified atom stereocenters. The molecule has 0 aliphatic carbocycles.